The number of allylic oxidation sites excluding steroid dienone is 1. The van der Waals surface area contributed by atoms with Crippen LogP contribution in [0.3, 0.4) is 0 Å². The van der Waals surface area contributed by atoms with E-state index in [-0.39, 0.29) is 0 Å². The summed E-state index contributed by atoms with van der Waals surface area (Å²) in [5, 5.41) is 2.91. The van der Waals surface area contributed by atoms with Crippen LogP contribution < -0.4 is 0 Å². The first-order chi connectivity index (χ1) is 9.43. The summed E-state index contributed by atoms with van der Waals surface area (Å²) in [7, 11) is 0. The summed E-state index contributed by atoms with van der Waals surface area (Å²) < 4.78 is 0. The second-order valence-corrected chi connectivity index (χ2v) is 6.08. The Bertz CT molecular complexity index is 624. The molecule has 0 radical (unpaired) electrons. The Kier molecular flexibility index (Phi) is 2.69. The van der Waals surface area contributed by atoms with E-state index in [0.29, 0.717) is 5.92 Å². The second-order valence-electron chi connectivity index (χ2n) is 6.08. The van der Waals surface area contributed by atoms with E-state index in [2.05, 4.69) is 48.6 Å². The van der Waals surface area contributed by atoms with E-state index < -0.39 is 0 Å². The summed E-state index contributed by atoms with van der Waals surface area (Å²) in [6, 6.07) is 13.5. The van der Waals surface area contributed by atoms with Crippen LogP contribution in [0.5, 0.6) is 0 Å². The highest BCUT2D eigenvalue weighted by Gasteiger charge is 2.26. The molecular weight excluding hydrogens is 228 g/mol. The molecule has 1 fully saturated rings. The molecule has 1 saturated carbocycles. The van der Waals surface area contributed by atoms with Gasteiger partial charge < -0.3 is 0 Å². The molecule has 1 unspecified atom stereocenters. The molecule has 0 nitrogen and oxygen atoms in total. The molecule has 19 heavy (non-hydrogen) atoms. The molecule has 2 aliphatic rings. The maximum atomic E-state index is 2.47. The van der Waals surface area contributed by atoms with Gasteiger partial charge in [-0.3, -0.25) is 0 Å². The molecule has 0 bridgehead atoms. The Hall–Kier alpha value is -1.56. The molecule has 2 aromatic rings. The molecule has 0 amide bonds. The minimum Gasteiger partial charge on any atom is -0.0761 e. The molecule has 0 spiro atoms. The third-order valence-electron chi connectivity index (χ3n) is 4.97. The lowest BCUT2D eigenvalue weighted by molar-refractivity contribution is 0.333. The van der Waals surface area contributed by atoms with Crippen LogP contribution in [-0.2, 0) is 0 Å². The molecule has 2 aliphatic carbocycles. The van der Waals surface area contributed by atoms with Crippen molar-refractivity contribution in [1.29, 1.82) is 0 Å². The lowest BCUT2D eigenvalue weighted by atomic mass is 9.73. The predicted molar refractivity (Wildman–Crippen MR) is 82.3 cm³/mol. The first-order valence-corrected chi connectivity index (χ1v) is 7.63. The SMILES string of the molecule is C1=CC(C2CCCCC2)c2cccc3cccc1c23. The molecule has 0 heteroatoms. The molecule has 2 aromatic carbocycles. The molecular formula is C19H20. The van der Waals surface area contributed by atoms with Crippen molar-refractivity contribution < 1.29 is 0 Å². The second kappa shape index (κ2) is 4.52. The Morgan fingerprint density at radius 2 is 1.63 bits per heavy atom. The van der Waals surface area contributed by atoms with Crippen molar-refractivity contribution in [3.05, 3.63) is 53.6 Å². The van der Waals surface area contributed by atoms with Gasteiger partial charge in [-0.1, -0.05) is 67.8 Å². The summed E-state index contributed by atoms with van der Waals surface area (Å²) >= 11 is 0. The number of benzene rings is 2. The van der Waals surface area contributed by atoms with E-state index in [9.17, 15) is 0 Å². The van der Waals surface area contributed by atoms with Gasteiger partial charge in [0.15, 0.2) is 0 Å². The minimum atomic E-state index is 0.652. The third-order valence-corrected chi connectivity index (χ3v) is 4.97. The zero-order valence-corrected chi connectivity index (χ0v) is 11.3. The minimum absolute atomic E-state index is 0.652. The smallest absolute Gasteiger partial charge is 0.00559 e. The number of hydrogen-bond acceptors (Lipinski definition) is 0. The first-order valence-electron chi connectivity index (χ1n) is 7.63. The Balaban J connectivity index is 1.85. The van der Waals surface area contributed by atoms with Crippen LogP contribution >= 0.6 is 0 Å². The topological polar surface area (TPSA) is 0 Å². The Morgan fingerprint density at radius 1 is 0.842 bits per heavy atom. The zero-order chi connectivity index (χ0) is 12.7. The van der Waals surface area contributed by atoms with Gasteiger partial charge in [0.2, 0.25) is 0 Å². The zero-order valence-electron chi connectivity index (χ0n) is 11.3. The molecule has 0 aliphatic heterocycles. The fraction of sp³-hybridized carbons (Fsp3) is 0.368. The van der Waals surface area contributed by atoms with Crippen molar-refractivity contribution in [2.24, 2.45) is 5.92 Å². The van der Waals surface area contributed by atoms with Crippen LogP contribution in [0.2, 0.25) is 0 Å². The fourth-order valence-electron chi connectivity index (χ4n) is 4.03. The third kappa shape index (κ3) is 1.82. The molecule has 4 rings (SSSR count). The lowest BCUT2D eigenvalue weighted by Crippen LogP contribution is -2.16. The molecule has 96 valence electrons. The van der Waals surface area contributed by atoms with Crippen molar-refractivity contribution >= 4 is 16.8 Å². The van der Waals surface area contributed by atoms with Crippen LogP contribution in [0.4, 0.5) is 0 Å². The van der Waals surface area contributed by atoms with Crippen molar-refractivity contribution in [2.45, 2.75) is 38.0 Å². The van der Waals surface area contributed by atoms with Gasteiger partial charge >= 0.3 is 0 Å². The number of rotatable bonds is 1. The fourth-order valence-corrected chi connectivity index (χ4v) is 4.03. The van der Waals surface area contributed by atoms with E-state index in [0.717, 1.165) is 5.92 Å². The Morgan fingerprint density at radius 3 is 2.47 bits per heavy atom. The van der Waals surface area contributed by atoms with Gasteiger partial charge in [0.1, 0.15) is 0 Å². The van der Waals surface area contributed by atoms with Gasteiger partial charge in [-0.25, -0.2) is 0 Å². The quantitative estimate of drug-likeness (QED) is 0.622. The first kappa shape index (κ1) is 11.3. The number of hydrogen-bond donors (Lipinski definition) is 0. The van der Waals surface area contributed by atoms with E-state index >= 15 is 0 Å². The standard InChI is InChI=1S/C19H20/c1-2-6-14(7-3-1)17-13-12-16-9-4-8-15-10-5-11-18(17)19(15)16/h4-5,8-14,17H,1-3,6-7H2. The van der Waals surface area contributed by atoms with Crippen molar-refractivity contribution in [2.75, 3.05) is 0 Å². The summed E-state index contributed by atoms with van der Waals surface area (Å²) in [5.41, 5.74) is 2.97. The van der Waals surface area contributed by atoms with Gasteiger partial charge in [0.05, 0.1) is 0 Å². The lowest BCUT2D eigenvalue weighted by Gasteiger charge is -2.31. The molecule has 1 atom stereocenters. The average molecular weight is 248 g/mol. The van der Waals surface area contributed by atoms with E-state index in [1.807, 2.05) is 0 Å². The van der Waals surface area contributed by atoms with Gasteiger partial charge in [0, 0.05) is 5.92 Å². The van der Waals surface area contributed by atoms with Crippen molar-refractivity contribution in [3.63, 3.8) is 0 Å². The van der Waals surface area contributed by atoms with Crippen molar-refractivity contribution in [3.8, 4) is 0 Å². The predicted octanol–water partition coefficient (Wildman–Crippen LogP) is 5.53. The highest BCUT2D eigenvalue weighted by atomic mass is 14.3. The summed E-state index contributed by atoms with van der Waals surface area (Å²) in [4.78, 5) is 0. The van der Waals surface area contributed by atoms with Gasteiger partial charge in [0.25, 0.3) is 0 Å². The van der Waals surface area contributed by atoms with Gasteiger partial charge in [-0.15, -0.1) is 0 Å². The van der Waals surface area contributed by atoms with Gasteiger partial charge in [-0.2, -0.15) is 0 Å². The van der Waals surface area contributed by atoms with E-state index in [1.165, 1.54) is 48.4 Å². The van der Waals surface area contributed by atoms with Crippen molar-refractivity contribution in [1.82, 2.24) is 0 Å². The molecule has 0 heterocycles. The highest BCUT2D eigenvalue weighted by Crippen LogP contribution is 2.43. The van der Waals surface area contributed by atoms with E-state index in [1.54, 1.807) is 5.56 Å². The summed E-state index contributed by atoms with van der Waals surface area (Å²) in [5.74, 6) is 1.52. The molecule has 0 saturated heterocycles. The molecule has 0 aromatic heterocycles. The maximum Gasteiger partial charge on any atom is 0.00559 e. The normalized spacial score (nSPS) is 22.8. The summed E-state index contributed by atoms with van der Waals surface area (Å²) in [6.07, 6.45) is 11.9. The summed E-state index contributed by atoms with van der Waals surface area (Å²) in [6.45, 7) is 0. The van der Waals surface area contributed by atoms with E-state index in [4.69, 9.17) is 0 Å². The van der Waals surface area contributed by atoms with Gasteiger partial charge in [-0.05, 0) is 40.7 Å². The molecule has 0 N–H and O–H groups in total. The van der Waals surface area contributed by atoms with Crippen LogP contribution in [0.25, 0.3) is 16.8 Å². The highest BCUT2D eigenvalue weighted by molar-refractivity contribution is 5.95. The monoisotopic (exact) mass is 248 g/mol. The van der Waals surface area contributed by atoms with Crippen LogP contribution in [0, 0.1) is 5.92 Å². The largest absolute Gasteiger partial charge is 0.0761 e. The van der Waals surface area contributed by atoms with Crippen LogP contribution in [0.1, 0.15) is 49.1 Å². The maximum absolute atomic E-state index is 2.47. The Labute approximate surface area is 115 Å². The average Bonchev–Trinajstić information content (AvgIpc) is 2.49. The van der Waals surface area contributed by atoms with Crippen LogP contribution in [-0.4, -0.2) is 0 Å². The van der Waals surface area contributed by atoms with Crippen LogP contribution in [0.15, 0.2) is 42.5 Å².